The molecule has 3 atom stereocenters. The lowest BCUT2D eigenvalue weighted by atomic mass is 10.0. The van der Waals surface area contributed by atoms with Crippen LogP contribution >= 0.6 is 23.4 Å². The molecular formula is C30H31ClF2N4O3S. The Bertz CT molecular complexity index is 1420. The molecule has 1 heterocycles. The number of halogens is 3. The molecule has 11 heteroatoms. The molecule has 3 aromatic carbocycles. The Labute approximate surface area is 247 Å². The van der Waals surface area contributed by atoms with E-state index in [9.17, 15) is 23.2 Å². The van der Waals surface area contributed by atoms with Crippen molar-refractivity contribution in [1.29, 1.82) is 0 Å². The number of para-hydroxylation sites is 1. The maximum atomic E-state index is 14.2. The van der Waals surface area contributed by atoms with E-state index in [-0.39, 0.29) is 17.9 Å². The van der Waals surface area contributed by atoms with Gasteiger partial charge in [-0.15, -0.1) is 11.8 Å². The molecule has 0 bridgehead atoms. The summed E-state index contributed by atoms with van der Waals surface area (Å²) in [6, 6.07) is 15.6. The van der Waals surface area contributed by atoms with Crippen molar-refractivity contribution in [2.45, 2.75) is 35.6 Å². The summed E-state index contributed by atoms with van der Waals surface area (Å²) >= 11 is 7.76. The topological polar surface area (TPSA) is 81.8 Å². The zero-order chi connectivity index (χ0) is 29.7. The monoisotopic (exact) mass is 600 g/mol. The Balaban J connectivity index is 1.60. The number of fused-ring (bicyclic) bond motifs is 1. The van der Waals surface area contributed by atoms with E-state index in [0.29, 0.717) is 18.1 Å². The molecule has 216 valence electrons. The predicted octanol–water partition coefficient (Wildman–Crippen LogP) is 4.59. The first-order valence-corrected chi connectivity index (χ1v) is 14.3. The molecule has 7 nitrogen and oxygen atoms in total. The number of thioether (sulfide) groups is 1. The smallest absolute Gasteiger partial charge is 0.251 e. The van der Waals surface area contributed by atoms with Gasteiger partial charge in [0.25, 0.3) is 5.91 Å². The van der Waals surface area contributed by atoms with Crippen LogP contribution < -0.4 is 15.5 Å². The number of amides is 3. The number of benzene rings is 3. The molecule has 1 aliphatic rings. The van der Waals surface area contributed by atoms with E-state index in [1.807, 2.05) is 49.3 Å². The van der Waals surface area contributed by atoms with Crippen molar-refractivity contribution in [2.75, 3.05) is 32.1 Å². The number of nitrogens with one attached hydrogen (secondary N) is 2. The summed E-state index contributed by atoms with van der Waals surface area (Å²) in [6.07, 6.45) is -0.316. The maximum absolute atomic E-state index is 14.2. The Morgan fingerprint density at radius 3 is 2.44 bits per heavy atom. The third-order valence-corrected chi connectivity index (χ3v) is 8.18. The summed E-state index contributed by atoms with van der Waals surface area (Å²) in [6.45, 7) is 2.48. The molecule has 0 saturated carbocycles. The van der Waals surface area contributed by atoms with Crippen molar-refractivity contribution in [1.82, 2.24) is 15.5 Å². The van der Waals surface area contributed by atoms with Crippen LogP contribution in [0.5, 0.6) is 0 Å². The zero-order valence-corrected chi connectivity index (χ0v) is 24.4. The molecule has 4 rings (SSSR count). The quantitative estimate of drug-likeness (QED) is 0.375. The number of nitrogens with zero attached hydrogens (tertiary/aromatic N) is 2. The highest BCUT2D eigenvalue weighted by Gasteiger charge is 2.40. The van der Waals surface area contributed by atoms with Crippen LogP contribution in [0, 0.1) is 11.6 Å². The minimum atomic E-state index is -1.03. The normalized spacial score (nSPS) is 17.5. The first-order chi connectivity index (χ1) is 19.5. The molecular weight excluding hydrogens is 570 g/mol. The van der Waals surface area contributed by atoms with Gasteiger partial charge >= 0.3 is 0 Å². The number of likely N-dealkylation sites (N-methyl/N-ethyl adjacent to an activating group) is 1. The van der Waals surface area contributed by atoms with E-state index in [0.717, 1.165) is 34.3 Å². The average molecular weight is 601 g/mol. The van der Waals surface area contributed by atoms with Gasteiger partial charge in [0.05, 0.1) is 17.4 Å². The van der Waals surface area contributed by atoms with Crippen LogP contribution in [0.2, 0.25) is 5.02 Å². The number of carbonyl (C=O) groups is 3. The first-order valence-electron chi connectivity index (χ1n) is 13.0. The summed E-state index contributed by atoms with van der Waals surface area (Å²) in [5, 5.41) is 5.42. The van der Waals surface area contributed by atoms with Gasteiger partial charge in [0.1, 0.15) is 23.7 Å². The highest BCUT2D eigenvalue weighted by Crippen LogP contribution is 2.46. The molecule has 3 amide bonds. The van der Waals surface area contributed by atoms with Gasteiger partial charge in [-0.1, -0.05) is 35.9 Å². The van der Waals surface area contributed by atoms with Gasteiger partial charge in [-0.3, -0.25) is 14.4 Å². The van der Waals surface area contributed by atoms with E-state index in [1.54, 1.807) is 23.1 Å². The van der Waals surface area contributed by atoms with Gasteiger partial charge in [0.15, 0.2) is 0 Å². The molecule has 0 aliphatic carbocycles. The highest BCUT2D eigenvalue weighted by molar-refractivity contribution is 7.99. The standard InChI is InChI=1S/C30H31ClF2N4O3S/c1-18(34-26(38)15-19-13-22(32)17-23(33)14-19)29(39)35-27-28(20-7-6-8-21(31)16-20)41-25-10-5-4-9-24(25)37(30(27)40)12-11-36(2)3/h4-10,13-14,16-18,27-28H,11-12,15H2,1-3H3,(H,34,38)(H,35,39)/t18-,27+,28?/m1/s1. The van der Waals surface area contributed by atoms with E-state index < -0.39 is 40.8 Å². The number of hydrogen-bond acceptors (Lipinski definition) is 5. The van der Waals surface area contributed by atoms with Crippen LogP contribution in [0.15, 0.2) is 71.6 Å². The summed E-state index contributed by atoms with van der Waals surface area (Å²) in [5.41, 5.74) is 1.64. The molecule has 0 spiro atoms. The van der Waals surface area contributed by atoms with Crippen LogP contribution in [0.25, 0.3) is 0 Å². The van der Waals surface area contributed by atoms with Crippen molar-refractivity contribution >= 4 is 46.8 Å². The molecule has 0 saturated heterocycles. The van der Waals surface area contributed by atoms with Crippen LogP contribution in [0.1, 0.15) is 23.3 Å². The minimum absolute atomic E-state index is 0.137. The second-order valence-corrected chi connectivity index (χ2v) is 11.7. The summed E-state index contributed by atoms with van der Waals surface area (Å²) < 4.78 is 27.1. The predicted molar refractivity (Wildman–Crippen MR) is 157 cm³/mol. The molecule has 0 fully saturated rings. The fourth-order valence-corrected chi connectivity index (χ4v) is 6.08. The molecule has 0 radical (unpaired) electrons. The van der Waals surface area contributed by atoms with Gasteiger partial charge in [-0.25, -0.2) is 8.78 Å². The Morgan fingerprint density at radius 2 is 1.76 bits per heavy atom. The summed E-state index contributed by atoms with van der Waals surface area (Å²) in [5.74, 6) is -3.06. The summed E-state index contributed by atoms with van der Waals surface area (Å²) in [7, 11) is 3.83. The van der Waals surface area contributed by atoms with Crippen molar-refractivity contribution in [3.05, 3.63) is 94.5 Å². The average Bonchev–Trinajstić information content (AvgIpc) is 3.01. The third-order valence-electron chi connectivity index (χ3n) is 6.55. The fraction of sp³-hybridized carbons (Fsp3) is 0.300. The van der Waals surface area contributed by atoms with E-state index >= 15 is 0 Å². The van der Waals surface area contributed by atoms with E-state index in [1.165, 1.54) is 18.7 Å². The largest absolute Gasteiger partial charge is 0.344 e. The van der Waals surface area contributed by atoms with E-state index in [4.69, 9.17) is 11.6 Å². The first kappa shape index (κ1) is 30.5. The summed E-state index contributed by atoms with van der Waals surface area (Å²) in [4.78, 5) is 44.7. The van der Waals surface area contributed by atoms with Gasteiger partial charge in [0, 0.05) is 29.1 Å². The minimum Gasteiger partial charge on any atom is -0.344 e. The lowest BCUT2D eigenvalue weighted by Crippen LogP contribution is -2.55. The Hall–Kier alpha value is -3.47. The van der Waals surface area contributed by atoms with Gasteiger partial charge in [-0.2, -0.15) is 0 Å². The number of hydrogen-bond donors (Lipinski definition) is 2. The molecule has 3 aromatic rings. The molecule has 1 aliphatic heterocycles. The van der Waals surface area contributed by atoms with Crippen molar-refractivity contribution < 1.29 is 23.2 Å². The maximum Gasteiger partial charge on any atom is 0.251 e. The van der Waals surface area contributed by atoms with Gasteiger partial charge in [0.2, 0.25) is 11.8 Å². The SMILES string of the molecule is C[C@@H](NC(=O)Cc1cc(F)cc(F)c1)C(=O)N[C@@H]1C(=O)N(CCN(C)C)c2ccccc2SC1c1cccc(Cl)c1. The van der Waals surface area contributed by atoms with Crippen LogP contribution in [-0.4, -0.2) is 61.9 Å². The second-order valence-electron chi connectivity index (χ2n) is 10.1. The van der Waals surface area contributed by atoms with E-state index in [2.05, 4.69) is 10.6 Å². The highest BCUT2D eigenvalue weighted by atomic mass is 35.5. The Morgan fingerprint density at radius 1 is 1.05 bits per heavy atom. The Kier molecular flexibility index (Phi) is 10.0. The third kappa shape index (κ3) is 7.84. The number of rotatable bonds is 9. The fourth-order valence-electron chi connectivity index (χ4n) is 4.55. The van der Waals surface area contributed by atoms with Crippen LogP contribution in [0.3, 0.4) is 0 Å². The van der Waals surface area contributed by atoms with Crippen molar-refractivity contribution in [2.24, 2.45) is 0 Å². The number of anilines is 1. The second kappa shape index (κ2) is 13.5. The van der Waals surface area contributed by atoms with Gasteiger partial charge < -0.3 is 20.4 Å². The van der Waals surface area contributed by atoms with Crippen molar-refractivity contribution in [3.8, 4) is 0 Å². The number of carbonyl (C=O) groups excluding carboxylic acids is 3. The van der Waals surface area contributed by atoms with Crippen molar-refractivity contribution in [3.63, 3.8) is 0 Å². The molecule has 1 unspecified atom stereocenters. The van der Waals surface area contributed by atoms with Crippen LogP contribution in [-0.2, 0) is 20.8 Å². The molecule has 0 aromatic heterocycles. The lowest BCUT2D eigenvalue weighted by Gasteiger charge is -2.30. The van der Waals surface area contributed by atoms with Gasteiger partial charge in [-0.05, 0) is 68.5 Å². The van der Waals surface area contributed by atoms with Crippen LogP contribution in [0.4, 0.5) is 14.5 Å². The molecule has 41 heavy (non-hydrogen) atoms. The zero-order valence-electron chi connectivity index (χ0n) is 22.9. The lowest BCUT2D eigenvalue weighted by molar-refractivity contribution is -0.130. The molecule has 2 N–H and O–H groups in total.